The minimum absolute atomic E-state index is 0.145. The molecule has 114 valence electrons. The summed E-state index contributed by atoms with van der Waals surface area (Å²) in [6, 6.07) is 6.33. The highest BCUT2D eigenvalue weighted by Gasteiger charge is 2.15. The smallest absolute Gasteiger partial charge is 0.240 e. The van der Waals surface area contributed by atoms with Crippen molar-refractivity contribution in [3.63, 3.8) is 0 Å². The SMILES string of the molecule is CCC(O)c1cccc(S(=O)(=O)NCCn2ccnn2)c1. The second-order valence-electron chi connectivity index (χ2n) is 4.56. The van der Waals surface area contributed by atoms with Crippen LogP contribution >= 0.6 is 0 Å². The van der Waals surface area contributed by atoms with E-state index in [1.54, 1.807) is 23.0 Å². The number of hydrogen-bond donors (Lipinski definition) is 2. The van der Waals surface area contributed by atoms with Crippen LogP contribution in [0.3, 0.4) is 0 Å². The largest absolute Gasteiger partial charge is 0.388 e. The zero-order valence-electron chi connectivity index (χ0n) is 11.7. The average molecular weight is 310 g/mol. The molecule has 2 aromatic rings. The van der Waals surface area contributed by atoms with E-state index in [0.717, 1.165) is 0 Å². The van der Waals surface area contributed by atoms with Gasteiger partial charge in [-0.25, -0.2) is 13.1 Å². The Morgan fingerprint density at radius 1 is 1.43 bits per heavy atom. The van der Waals surface area contributed by atoms with Crippen molar-refractivity contribution in [2.45, 2.75) is 30.9 Å². The van der Waals surface area contributed by atoms with Gasteiger partial charge in [0.1, 0.15) is 0 Å². The number of aromatic nitrogens is 3. The van der Waals surface area contributed by atoms with E-state index >= 15 is 0 Å². The first-order chi connectivity index (χ1) is 10.0. The number of rotatable bonds is 7. The van der Waals surface area contributed by atoms with Crippen LogP contribution in [0.1, 0.15) is 25.0 Å². The number of sulfonamides is 1. The predicted molar refractivity (Wildman–Crippen MR) is 76.9 cm³/mol. The number of aliphatic hydroxyl groups excluding tert-OH is 1. The standard InChI is InChI=1S/C13H18N4O3S/c1-2-13(18)11-4-3-5-12(10-11)21(19,20)15-7-9-17-8-6-14-16-17/h3-6,8,10,13,15,18H,2,7,9H2,1H3. The lowest BCUT2D eigenvalue weighted by molar-refractivity contribution is 0.173. The molecule has 0 bridgehead atoms. The maximum atomic E-state index is 12.2. The molecule has 8 heteroatoms. The van der Waals surface area contributed by atoms with Gasteiger partial charge in [0.05, 0.1) is 23.7 Å². The van der Waals surface area contributed by atoms with Crippen LogP contribution in [-0.2, 0) is 16.6 Å². The van der Waals surface area contributed by atoms with E-state index in [9.17, 15) is 13.5 Å². The summed E-state index contributed by atoms with van der Waals surface area (Å²) in [5.74, 6) is 0. The van der Waals surface area contributed by atoms with Crippen LogP contribution in [0.15, 0.2) is 41.6 Å². The molecule has 2 rings (SSSR count). The molecule has 0 amide bonds. The highest BCUT2D eigenvalue weighted by molar-refractivity contribution is 7.89. The maximum Gasteiger partial charge on any atom is 0.240 e. The average Bonchev–Trinajstić information content (AvgIpc) is 2.99. The van der Waals surface area contributed by atoms with Gasteiger partial charge in [-0.05, 0) is 24.1 Å². The van der Waals surface area contributed by atoms with Gasteiger partial charge in [-0.15, -0.1) is 5.10 Å². The molecule has 21 heavy (non-hydrogen) atoms. The van der Waals surface area contributed by atoms with Crippen molar-refractivity contribution in [3.8, 4) is 0 Å². The Kier molecular flexibility index (Phi) is 5.05. The summed E-state index contributed by atoms with van der Waals surface area (Å²) in [6.07, 6.45) is 3.06. The first-order valence-electron chi connectivity index (χ1n) is 6.64. The van der Waals surface area contributed by atoms with Crippen molar-refractivity contribution in [2.75, 3.05) is 6.54 Å². The molecule has 1 aromatic carbocycles. The summed E-state index contributed by atoms with van der Waals surface area (Å²) in [4.78, 5) is 0.145. The lowest BCUT2D eigenvalue weighted by Crippen LogP contribution is -2.27. The van der Waals surface area contributed by atoms with Gasteiger partial charge in [0.25, 0.3) is 0 Å². The second kappa shape index (κ2) is 6.79. The van der Waals surface area contributed by atoms with Gasteiger partial charge < -0.3 is 5.11 Å². The molecule has 0 aliphatic heterocycles. The fraction of sp³-hybridized carbons (Fsp3) is 0.385. The molecular weight excluding hydrogens is 292 g/mol. The molecule has 1 unspecified atom stereocenters. The highest BCUT2D eigenvalue weighted by Crippen LogP contribution is 2.19. The van der Waals surface area contributed by atoms with E-state index in [2.05, 4.69) is 15.0 Å². The van der Waals surface area contributed by atoms with E-state index in [1.807, 2.05) is 6.92 Å². The van der Waals surface area contributed by atoms with Crippen LogP contribution in [0.25, 0.3) is 0 Å². The zero-order valence-corrected chi connectivity index (χ0v) is 12.5. The van der Waals surface area contributed by atoms with E-state index in [1.165, 1.54) is 18.3 Å². The second-order valence-corrected chi connectivity index (χ2v) is 6.33. The summed E-state index contributed by atoms with van der Waals surface area (Å²) in [6.45, 7) is 2.45. The Labute approximate surface area is 123 Å². The van der Waals surface area contributed by atoms with Crippen molar-refractivity contribution < 1.29 is 13.5 Å². The third-order valence-corrected chi connectivity index (χ3v) is 4.50. The number of nitrogens with zero attached hydrogens (tertiary/aromatic N) is 3. The number of aliphatic hydroxyl groups is 1. The molecule has 1 aromatic heterocycles. The Bertz CT molecular complexity index is 670. The van der Waals surface area contributed by atoms with Gasteiger partial charge >= 0.3 is 0 Å². The fourth-order valence-corrected chi connectivity index (χ4v) is 2.93. The molecule has 0 aliphatic rings. The van der Waals surface area contributed by atoms with Crippen LogP contribution < -0.4 is 4.72 Å². The van der Waals surface area contributed by atoms with E-state index in [0.29, 0.717) is 18.5 Å². The normalized spacial score (nSPS) is 13.2. The van der Waals surface area contributed by atoms with E-state index < -0.39 is 16.1 Å². The van der Waals surface area contributed by atoms with Gasteiger partial charge in [0.15, 0.2) is 0 Å². The predicted octanol–water partition coefficient (Wildman–Crippen LogP) is 0.700. The molecule has 0 aliphatic carbocycles. The van der Waals surface area contributed by atoms with E-state index in [4.69, 9.17) is 0 Å². The molecule has 7 nitrogen and oxygen atoms in total. The quantitative estimate of drug-likeness (QED) is 0.784. The minimum Gasteiger partial charge on any atom is -0.388 e. The molecule has 0 fully saturated rings. The number of benzene rings is 1. The van der Waals surface area contributed by atoms with Crippen molar-refractivity contribution in [2.24, 2.45) is 0 Å². The van der Waals surface area contributed by atoms with Crippen LogP contribution in [0.2, 0.25) is 0 Å². The number of nitrogens with one attached hydrogen (secondary N) is 1. The number of hydrogen-bond acceptors (Lipinski definition) is 5. The lowest BCUT2D eigenvalue weighted by atomic mass is 10.1. The van der Waals surface area contributed by atoms with Gasteiger partial charge in [0.2, 0.25) is 10.0 Å². The first kappa shape index (κ1) is 15.6. The molecule has 1 heterocycles. The van der Waals surface area contributed by atoms with E-state index in [-0.39, 0.29) is 11.4 Å². The Balaban J connectivity index is 2.05. The first-order valence-corrected chi connectivity index (χ1v) is 8.13. The molecule has 0 saturated heterocycles. The third kappa shape index (κ3) is 4.10. The van der Waals surface area contributed by atoms with Crippen LogP contribution in [0.5, 0.6) is 0 Å². The summed E-state index contributed by atoms with van der Waals surface area (Å²) < 4.78 is 28.4. The van der Waals surface area contributed by atoms with Crippen molar-refractivity contribution in [3.05, 3.63) is 42.2 Å². The summed E-state index contributed by atoms with van der Waals surface area (Å²) in [7, 11) is -3.60. The Morgan fingerprint density at radius 2 is 2.24 bits per heavy atom. The van der Waals surface area contributed by atoms with Crippen molar-refractivity contribution in [1.29, 1.82) is 0 Å². The molecule has 0 saturated carbocycles. The summed E-state index contributed by atoms with van der Waals surface area (Å²) in [5.41, 5.74) is 0.594. The van der Waals surface area contributed by atoms with Crippen molar-refractivity contribution in [1.82, 2.24) is 19.7 Å². The van der Waals surface area contributed by atoms with Crippen molar-refractivity contribution >= 4 is 10.0 Å². The van der Waals surface area contributed by atoms with Gasteiger partial charge in [-0.3, -0.25) is 4.68 Å². The highest BCUT2D eigenvalue weighted by atomic mass is 32.2. The summed E-state index contributed by atoms with van der Waals surface area (Å²) in [5, 5.41) is 17.2. The molecule has 0 radical (unpaired) electrons. The van der Waals surface area contributed by atoms with Gasteiger partial charge in [-0.2, -0.15) is 0 Å². The van der Waals surface area contributed by atoms with Crippen LogP contribution in [0, 0.1) is 0 Å². The zero-order chi connectivity index (χ0) is 15.3. The lowest BCUT2D eigenvalue weighted by Gasteiger charge is -2.11. The molecular formula is C13H18N4O3S. The topological polar surface area (TPSA) is 97.1 Å². The molecule has 2 N–H and O–H groups in total. The van der Waals surface area contributed by atoms with Crippen LogP contribution in [0.4, 0.5) is 0 Å². The van der Waals surface area contributed by atoms with Gasteiger partial charge in [0, 0.05) is 12.7 Å². The molecule has 1 atom stereocenters. The van der Waals surface area contributed by atoms with Crippen LogP contribution in [-0.4, -0.2) is 35.1 Å². The van der Waals surface area contributed by atoms with Gasteiger partial charge in [-0.1, -0.05) is 24.3 Å². The Hall–Kier alpha value is -1.77. The molecule has 0 spiro atoms. The maximum absolute atomic E-state index is 12.2. The Morgan fingerprint density at radius 3 is 2.90 bits per heavy atom. The monoisotopic (exact) mass is 310 g/mol. The third-order valence-electron chi connectivity index (χ3n) is 3.04. The fourth-order valence-electron chi connectivity index (χ4n) is 1.85. The minimum atomic E-state index is -3.60. The summed E-state index contributed by atoms with van der Waals surface area (Å²) >= 11 is 0.